The molecule has 2 aliphatic rings. The third-order valence-electron chi connectivity index (χ3n) is 5.08. The number of hydrogen-bond acceptors (Lipinski definition) is 4. The van der Waals surface area contributed by atoms with Crippen LogP contribution in [0.15, 0.2) is 36.4 Å². The first-order valence-electron chi connectivity index (χ1n) is 8.67. The van der Waals surface area contributed by atoms with Crippen LogP contribution in [0.2, 0.25) is 0 Å². The van der Waals surface area contributed by atoms with Gasteiger partial charge in [0.25, 0.3) is 5.69 Å². The number of nitro groups is 1. The van der Waals surface area contributed by atoms with E-state index in [2.05, 4.69) is 23.3 Å². The summed E-state index contributed by atoms with van der Waals surface area (Å²) in [5.74, 6) is 0. The zero-order chi connectivity index (χ0) is 18.3. The molecule has 0 spiro atoms. The quantitative estimate of drug-likeness (QED) is 0.665. The third-order valence-corrected chi connectivity index (χ3v) is 5.08. The fourth-order valence-electron chi connectivity index (χ4n) is 3.68. The topological polar surface area (TPSA) is 78.7 Å². The standard InChI is InChI=1S/C19H20N4O3/c1-21-8-6-13-2-3-16(10-15(13)12-21)20-19(24)22-9-7-14-11-17(23(25)26)4-5-18(14)22/h2-5,10-11H,6-9,12H2,1H3,(H,20,24). The summed E-state index contributed by atoms with van der Waals surface area (Å²) in [6.45, 7) is 2.46. The van der Waals surface area contributed by atoms with Crippen LogP contribution in [0.1, 0.15) is 16.7 Å². The average molecular weight is 352 g/mol. The van der Waals surface area contributed by atoms with Crippen LogP contribution in [0.4, 0.5) is 21.9 Å². The SMILES string of the molecule is CN1CCc2ccc(NC(=O)N3CCc4cc([N+](=O)[O-])ccc43)cc2C1. The number of amides is 2. The predicted molar refractivity (Wildman–Crippen MR) is 99.6 cm³/mol. The van der Waals surface area contributed by atoms with Gasteiger partial charge in [-0.3, -0.25) is 15.0 Å². The molecule has 4 rings (SSSR count). The molecule has 0 atom stereocenters. The number of carbonyl (C=O) groups excluding carboxylic acids is 1. The van der Waals surface area contributed by atoms with E-state index in [1.165, 1.54) is 17.2 Å². The van der Waals surface area contributed by atoms with Gasteiger partial charge in [0.1, 0.15) is 0 Å². The van der Waals surface area contributed by atoms with Crippen molar-refractivity contribution in [3.63, 3.8) is 0 Å². The van der Waals surface area contributed by atoms with E-state index >= 15 is 0 Å². The molecule has 134 valence electrons. The number of non-ortho nitro benzene ring substituents is 1. The van der Waals surface area contributed by atoms with Gasteiger partial charge < -0.3 is 10.2 Å². The minimum Gasteiger partial charge on any atom is -0.308 e. The minimum atomic E-state index is -0.410. The minimum absolute atomic E-state index is 0.0600. The smallest absolute Gasteiger partial charge is 0.308 e. The normalized spacial score (nSPS) is 16.1. The number of fused-ring (bicyclic) bond motifs is 2. The molecule has 0 aromatic heterocycles. The molecule has 2 aromatic rings. The van der Waals surface area contributed by atoms with Crippen molar-refractivity contribution in [2.45, 2.75) is 19.4 Å². The van der Waals surface area contributed by atoms with Crippen LogP contribution in [0.3, 0.4) is 0 Å². The zero-order valence-electron chi connectivity index (χ0n) is 14.6. The molecule has 2 aromatic carbocycles. The highest BCUT2D eigenvalue weighted by Gasteiger charge is 2.26. The van der Waals surface area contributed by atoms with Gasteiger partial charge in [-0.05, 0) is 54.8 Å². The first-order valence-corrected chi connectivity index (χ1v) is 8.67. The lowest BCUT2D eigenvalue weighted by Gasteiger charge is -2.25. The van der Waals surface area contributed by atoms with Crippen LogP contribution in [0.5, 0.6) is 0 Å². The molecule has 26 heavy (non-hydrogen) atoms. The Morgan fingerprint density at radius 1 is 1.08 bits per heavy atom. The molecule has 0 aliphatic carbocycles. The van der Waals surface area contributed by atoms with E-state index in [0.29, 0.717) is 13.0 Å². The summed E-state index contributed by atoms with van der Waals surface area (Å²) < 4.78 is 0. The summed E-state index contributed by atoms with van der Waals surface area (Å²) in [6.07, 6.45) is 1.65. The maximum atomic E-state index is 12.7. The second-order valence-corrected chi connectivity index (χ2v) is 6.87. The Morgan fingerprint density at radius 2 is 1.88 bits per heavy atom. The molecule has 0 fully saturated rings. The second kappa shape index (κ2) is 6.42. The van der Waals surface area contributed by atoms with E-state index in [1.54, 1.807) is 17.0 Å². The van der Waals surface area contributed by atoms with Crippen molar-refractivity contribution < 1.29 is 9.72 Å². The monoisotopic (exact) mass is 352 g/mol. The Balaban J connectivity index is 1.52. The molecule has 0 saturated heterocycles. The Hall–Kier alpha value is -2.93. The predicted octanol–water partition coefficient (Wildman–Crippen LogP) is 3.18. The molecule has 0 saturated carbocycles. The number of rotatable bonds is 2. The first kappa shape index (κ1) is 16.5. The highest BCUT2D eigenvalue weighted by atomic mass is 16.6. The molecular weight excluding hydrogens is 332 g/mol. The first-order chi connectivity index (χ1) is 12.5. The zero-order valence-corrected chi connectivity index (χ0v) is 14.6. The lowest BCUT2D eigenvalue weighted by Crippen LogP contribution is -2.33. The number of nitro benzene ring substituents is 1. The maximum Gasteiger partial charge on any atom is 0.326 e. The van der Waals surface area contributed by atoms with Crippen molar-refractivity contribution in [3.05, 3.63) is 63.2 Å². The number of anilines is 2. The van der Waals surface area contributed by atoms with Crippen LogP contribution < -0.4 is 10.2 Å². The third kappa shape index (κ3) is 3.01. The Morgan fingerprint density at radius 3 is 2.69 bits per heavy atom. The maximum absolute atomic E-state index is 12.7. The summed E-state index contributed by atoms with van der Waals surface area (Å²) in [4.78, 5) is 27.1. The lowest BCUT2D eigenvalue weighted by molar-refractivity contribution is -0.384. The molecule has 0 bridgehead atoms. The number of benzene rings is 2. The van der Waals surface area contributed by atoms with Gasteiger partial charge in [-0.15, -0.1) is 0 Å². The van der Waals surface area contributed by atoms with Crippen molar-refractivity contribution in [1.82, 2.24) is 4.90 Å². The van der Waals surface area contributed by atoms with Crippen molar-refractivity contribution in [2.75, 3.05) is 30.4 Å². The highest BCUT2D eigenvalue weighted by molar-refractivity contribution is 6.03. The van der Waals surface area contributed by atoms with Gasteiger partial charge in [0.15, 0.2) is 0 Å². The number of hydrogen-bond donors (Lipinski definition) is 1. The van der Waals surface area contributed by atoms with Gasteiger partial charge in [-0.25, -0.2) is 4.79 Å². The van der Waals surface area contributed by atoms with Crippen LogP contribution in [-0.2, 0) is 19.4 Å². The molecule has 1 N–H and O–H groups in total. The van der Waals surface area contributed by atoms with Crippen molar-refractivity contribution >= 4 is 23.1 Å². The van der Waals surface area contributed by atoms with E-state index in [1.807, 2.05) is 12.1 Å². The fraction of sp³-hybridized carbons (Fsp3) is 0.316. The van der Waals surface area contributed by atoms with Crippen molar-refractivity contribution in [1.29, 1.82) is 0 Å². The van der Waals surface area contributed by atoms with Crippen LogP contribution in [-0.4, -0.2) is 36.0 Å². The molecule has 2 aliphatic heterocycles. The summed E-state index contributed by atoms with van der Waals surface area (Å²) in [5, 5.41) is 13.9. The largest absolute Gasteiger partial charge is 0.326 e. The van der Waals surface area contributed by atoms with Crippen molar-refractivity contribution in [3.8, 4) is 0 Å². The number of urea groups is 1. The van der Waals surface area contributed by atoms with E-state index < -0.39 is 4.92 Å². The Labute approximate surface area is 151 Å². The van der Waals surface area contributed by atoms with Crippen LogP contribution >= 0.6 is 0 Å². The molecular formula is C19H20N4O3. The molecule has 7 heteroatoms. The summed E-state index contributed by atoms with van der Waals surface area (Å²) >= 11 is 0. The Bertz CT molecular complexity index is 896. The van der Waals surface area contributed by atoms with Gasteiger partial charge >= 0.3 is 6.03 Å². The number of likely N-dealkylation sites (N-methyl/N-ethyl adjacent to an activating group) is 1. The van der Waals surface area contributed by atoms with Crippen LogP contribution in [0.25, 0.3) is 0 Å². The van der Waals surface area contributed by atoms with E-state index in [9.17, 15) is 14.9 Å². The van der Waals surface area contributed by atoms with Gasteiger partial charge in [0, 0.05) is 43.1 Å². The average Bonchev–Trinajstić information content (AvgIpc) is 3.04. The van der Waals surface area contributed by atoms with Gasteiger partial charge in [0.2, 0.25) is 0 Å². The summed E-state index contributed by atoms with van der Waals surface area (Å²) in [5.41, 5.74) is 4.99. The fourth-order valence-corrected chi connectivity index (χ4v) is 3.68. The summed E-state index contributed by atoms with van der Waals surface area (Å²) in [6, 6.07) is 10.5. The molecule has 0 radical (unpaired) electrons. The molecule has 7 nitrogen and oxygen atoms in total. The number of nitrogens with zero attached hydrogens (tertiary/aromatic N) is 3. The summed E-state index contributed by atoms with van der Waals surface area (Å²) in [7, 11) is 2.09. The van der Waals surface area contributed by atoms with E-state index in [4.69, 9.17) is 0 Å². The molecule has 2 heterocycles. The Kier molecular flexibility index (Phi) is 4.08. The van der Waals surface area contributed by atoms with Crippen LogP contribution in [0, 0.1) is 10.1 Å². The second-order valence-electron chi connectivity index (χ2n) is 6.87. The lowest BCUT2D eigenvalue weighted by atomic mass is 9.99. The van der Waals surface area contributed by atoms with Gasteiger partial charge in [-0.1, -0.05) is 6.07 Å². The number of carbonyl (C=O) groups is 1. The van der Waals surface area contributed by atoms with E-state index in [-0.39, 0.29) is 11.7 Å². The van der Waals surface area contributed by atoms with Gasteiger partial charge in [0.05, 0.1) is 4.92 Å². The molecule has 2 amide bonds. The van der Waals surface area contributed by atoms with E-state index in [0.717, 1.165) is 36.4 Å². The number of nitrogens with one attached hydrogen (secondary N) is 1. The highest BCUT2D eigenvalue weighted by Crippen LogP contribution is 2.32. The van der Waals surface area contributed by atoms with Gasteiger partial charge in [-0.2, -0.15) is 0 Å². The molecule has 0 unspecified atom stereocenters. The van der Waals surface area contributed by atoms with Crippen molar-refractivity contribution in [2.24, 2.45) is 0 Å².